The number of hydrogen-bond acceptors (Lipinski definition) is 3. The molecule has 1 heterocycles. The van der Waals surface area contributed by atoms with Crippen molar-refractivity contribution < 1.29 is 14.6 Å². The van der Waals surface area contributed by atoms with Gasteiger partial charge in [-0.15, -0.1) is 0 Å². The first-order chi connectivity index (χ1) is 8.24. The van der Waals surface area contributed by atoms with Crippen molar-refractivity contribution >= 4 is 0 Å². The Balaban J connectivity index is 1.92. The molecule has 0 bridgehead atoms. The highest BCUT2D eigenvalue weighted by Crippen LogP contribution is 2.34. The van der Waals surface area contributed by atoms with Gasteiger partial charge in [-0.2, -0.15) is 0 Å². The fraction of sp³-hybridized carbons (Fsp3) is 0.571. The van der Waals surface area contributed by atoms with E-state index in [0.29, 0.717) is 6.61 Å². The van der Waals surface area contributed by atoms with Crippen LogP contribution in [0.1, 0.15) is 31.7 Å². The van der Waals surface area contributed by atoms with Gasteiger partial charge in [0.1, 0.15) is 0 Å². The molecule has 1 N–H and O–H groups in total. The molecule has 0 radical (unpaired) electrons. The van der Waals surface area contributed by atoms with E-state index in [0.717, 1.165) is 24.8 Å². The molecule has 1 saturated heterocycles. The fourth-order valence-corrected chi connectivity index (χ4v) is 2.16. The molecule has 3 heteroatoms. The van der Waals surface area contributed by atoms with Gasteiger partial charge in [-0.3, -0.25) is 0 Å². The van der Waals surface area contributed by atoms with Crippen molar-refractivity contribution in [1.29, 1.82) is 0 Å². The van der Waals surface area contributed by atoms with Gasteiger partial charge in [0.15, 0.2) is 5.79 Å². The van der Waals surface area contributed by atoms with Gasteiger partial charge < -0.3 is 14.6 Å². The third-order valence-corrected chi connectivity index (χ3v) is 3.17. The predicted molar refractivity (Wildman–Crippen MR) is 65.6 cm³/mol. The molecular weight excluding hydrogens is 216 g/mol. The molecule has 1 aromatic rings. The van der Waals surface area contributed by atoms with Crippen molar-refractivity contribution in [2.75, 3.05) is 13.2 Å². The average Bonchev–Trinajstić information content (AvgIpc) is 2.74. The Morgan fingerprint density at radius 2 is 2.06 bits per heavy atom. The summed E-state index contributed by atoms with van der Waals surface area (Å²) < 4.78 is 11.8. The maximum atomic E-state index is 8.75. The van der Waals surface area contributed by atoms with Crippen LogP contribution in [0.2, 0.25) is 0 Å². The van der Waals surface area contributed by atoms with Gasteiger partial charge in [0.25, 0.3) is 0 Å². The Kier molecular flexibility index (Phi) is 4.15. The van der Waals surface area contributed by atoms with Crippen LogP contribution in [-0.2, 0) is 15.3 Å². The van der Waals surface area contributed by atoms with Gasteiger partial charge in [-0.1, -0.05) is 30.3 Å². The second-order valence-electron chi connectivity index (χ2n) is 4.58. The SMILES string of the molecule is C[C@@]1(c2ccccc2)OC[C@@H](CCCCO)O1. The van der Waals surface area contributed by atoms with Crippen LogP contribution < -0.4 is 0 Å². The molecule has 2 rings (SSSR count). The van der Waals surface area contributed by atoms with Crippen molar-refractivity contribution in [3.63, 3.8) is 0 Å². The normalized spacial score (nSPS) is 28.5. The van der Waals surface area contributed by atoms with Crippen molar-refractivity contribution in [2.45, 2.75) is 38.1 Å². The standard InChI is InChI=1S/C14H20O3/c1-14(12-7-3-2-4-8-12)16-11-13(17-14)9-5-6-10-15/h2-4,7-8,13,15H,5-6,9-11H2,1H3/t13-,14-/m1/s1. The lowest BCUT2D eigenvalue weighted by atomic mass is 10.1. The molecule has 17 heavy (non-hydrogen) atoms. The smallest absolute Gasteiger partial charge is 0.192 e. The zero-order valence-corrected chi connectivity index (χ0v) is 10.3. The third kappa shape index (κ3) is 3.06. The average molecular weight is 236 g/mol. The van der Waals surface area contributed by atoms with Crippen LogP contribution in [0.3, 0.4) is 0 Å². The first kappa shape index (κ1) is 12.6. The number of ether oxygens (including phenoxy) is 2. The fourth-order valence-electron chi connectivity index (χ4n) is 2.16. The first-order valence-corrected chi connectivity index (χ1v) is 6.23. The van der Waals surface area contributed by atoms with E-state index in [4.69, 9.17) is 14.6 Å². The van der Waals surface area contributed by atoms with E-state index < -0.39 is 5.79 Å². The van der Waals surface area contributed by atoms with E-state index in [9.17, 15) is 0 Å². The lowest BCUT2D eigenvalue weighted by Crippen LogP contribution is -2.23. The number of hydrogen-bond donors (Lipinski definition) is 1. The van der Waals surface area contributed by atoms with Crippen LogP contribution in [-0.4, -0.2) is 24.4 Å². The Labute approximate surface area is 102 Å². The zero-order valence-electron chi connectivity index (χ0n) is 10.3. The number of rotatable bonds is 5. The maximum absolute atomic E-state index is 8.75. The van der Waals surface area contributed by atoms with Gasteiger partial charge in [-0.25, -0.2) is 0 Å². The summed E-state index contributed by atoms with van der Waals surface area (Å²) in [4.78, 5) is 0. The van der Waals surface area contributed by atoms with E-state index in [2.05, 4.69) is 0 Å². The van der Waals surface area contributed by atoms with Crippen molar-refractivity contribution in [3.8, 4) is 0 Å². The predicted octanol–water partition coefficient (Wildman–Crippen LogP) is 2.44. The van der Waals surface area contributed by atoms with Crippen LogP contribution in [0.15, 0.2) is 30.3 Å². The summed E-state index contributed by atoms with van der Waals surface area (Å²) in [5.74, 6) is -0.606. The van der Waals surface area contributed by atoms with E-state index in [-0.39, 0.29) is 12.7 Å². The second-order valence-corrected chi connectivity index (χ2v) is 4.58. The molecule has 0 spiro atoms. The molecule has 0 aromatic heterocycles. The molecule has 1 aromatic carbocycles. The molecule has 0 amide bonds. The monoisotopic (exact) mass is 236 g/mol. The second kappa shape index (κ2) is 5.63. The Morgan fingerprint density at radius 1 is 1.29 bits per heavy atom. The summed E-state index contributed by atoms with van der Waals surface area (Å²) in [5.41, 5.74) is 1.06. The Morgan fingerprint density at radius 3 is 2.76 bits per heavy atom. The van der Waals surface area contributed by atoms with Gasteiger partial charge in [0, 0.05) is 12.2 Å². The number of aliphatic hydroxyl groups is 1. The third-order valence-electron chi connectivity index (χ3n) is 3.17. The lowest BCUT2D eigenvalue weighted by Gasteiger charge is -2.23. The van der Waals surface area contributed by atoms with Crippen LogP contribution in [0.4, 0.5) is 0 Å². The molecule has 1 aliphatic heterocycles. The van der Waals surface area contributed by atoms with Crippen LogP contribution >= 0.6 is 0 Å². The summed E-state index contributed by atoms with van der Waals surface area (Å²) >= 11 is 0. The molecule has 2 atom stereocenters. The molecular formula is C14H20O3. The molecule has 0 aliphatic carbocycles. The number of unbranched alkanes of at least 4 members (excludes halogenated alkanes) is 1. The minimum Gasteiger partial charge on any atom is -0.396 e. The summed E-state index contributed by atoms with van der Waals surface area (Å²) in [6.07, 6.45) is 2.91. The maximum Gasteiger partial charge on any atom is 0.192 e. The minimum atomic E-state index is -0.606. The summed E-state index contributed by atoms with van der Waals surface area (Å²) in [6, 6.07) is 10.0. The van der Waals surface area contributed by atoms with Gasteiger partial charge in [0.2, 0.25) is 0 Å². The Bertz CT molecular complexity index is 339. The molecule has 1 aliphatic rings. The highest BCUT2D eigenvalue weighted by atomic mass is 16.7. The summed E-state index contributed by atoms with van der Waals surface area (Å²) in [5, 5.41) is 8.75. The molecule has 94 valence electrons. The van der Waals surface area contributed by atoms with E-state index in [1.54, 1.807) is 0 Å². The highest BCUT2D eigenvalue weighted by Gasteiger charge is 2.38. The van der Waals surface area contributed by atoms with Crippen molar-refractivity contribution in [1.82, 2.24) is 0 Å². The molecule has 0 unspecified atom stereocenters. The quantitative estimate of drug-likeness (QED) is 0.798. The largest absolute Gasteiger partial charge is 0.396 e. The summed E-state index contributed by atoms with van der Waals surface area (Å²) in [6.45, 7) is 2.86. The molecule has 3 nitrogen and oxygen atoms in total. The summed E-state index contributed by atoms with van der Waals surface area (Å²) in [7, 11) is 0. The van der Waals surface area contributed by atoms with Crippen molar-refractivity contribution in [3.05, 3.63) is 35.9 Å². The van der Waals surface area contributed by atoms with Crippen LogP contribution in [0, 0.1) is 0 Å². The van der Waals surface area contributed by atoms with Crippen molar-refractivity contribution in [2.24, 2.45) is 0 Å². The number of benzene rings is 1. The van der Waals surface area contributed by atoms with Gasteiger partial charge in [0.05, 0.1) is 12.7 Å². The van der Waals surface area contributed by atoms with Crippen LogP contribution in [0.5, 0.6) is 0 Å². The number of aliphatic hydroxyl groups excluding tert-OH is 1. The Hall–Kier alpha value is -0.900. The first-order valence-electron chi connectivity index (χ1n) is 6.23. The zero-order chi connectivity index (χ0) is 12.1. The molecule has 0 saturated carbocycles. The van der Waals surface area contributed by atoms with Crippen LogP contribution in [0.25, 0.3) is 0 Å². The minimum absolute atomic E-state index is 0.145. The van der Waals surface area contributed by atoms with E-state index in [1.165, 1.54) is 0 Å². The van der Waals surface area contributed by atoms with Gasteiger partial charge in [-0.05, 0) is 26.2 Å². The lowest BCUT2D eigenvalue weighted by molar-refractivity contribution is -0.162. The topological polar surface area (TPSA) is 38.7 Å². The van der Waals surface area contributed by atoms with E-state index in [1.807, 2.05) is 37.3 Å². The van der Waals surface area contributed by atoms with Gasteiger partial charge >= 0.3 is 0 Å². The van der Waals surface area contributed by atoms with E-state index >= 15 is 0 Å². The molecule has 1 fully saturated rings. The highest BCUT2D eigenvalue weighted by molar-refractivity contribution is 5.20.